The number of esters is 1. The first kappa shape index (κ1) is 99.9. The lowest BCUT2D eigenvalue weighted by atomic mass is 9.96. The number of carbonyl (C=O) groups excluding carboxylic acids is 14. The highest BCUT2D eigenvalue weighted by Crippen LogP contribution is 2.24. The number of aromatic amines is 1. The number of fused-ring (bicyclic) bond motifs is 1. The number of carboxylic acids is 5. The van der Waals surface area contributed by atoms with Crippen LogP contribution >= 0.6 is 12.2 Å². The van der Waals surface area contributed by atoms with Gasteiger partial charge in [-0.25, -0.2) is 9.59 Å². The predicted molar refractivity (Wildman–Crippen MR) is 421 cm³/mol. The molecule has 0 aliphatic heterocycles. The van der Waals surface area contributed by atoms with E-state index in [2.05, 4.69) is 54.4 Å². The number of H-pyrrole nitrogens is 1. The van der Waals surface area contributed by atoms with Gasteiger partial charge in [0.15, 0.2) is 5.78 Å². The summed E-state index contributed by atoms with van der Waals surface area (Å²) in [5, 5.41) is 83.4. The van der Waals surface area contributed by atoms with Crippen LogP contribution in [0.15, 0.2) is 54.7 Å². The fourth-order valence-corrected chi connectivity index (χ4v) is 12.3. The standard InChI is InChI=1S/C74H107N17O26S/c1-6-8-9-10-11-12-13-24-57(97)91(7-2)52(27-40-33-79-45-22-17-15-19-41(40)45)72(118)88-47(30-54(78)94)67(109)86-49(32-61(104)105)68(110)90-63(70(112)81-35-55(95)83-46(73(114)115)23-18-25-75)39(5)117-74(116)50(29-53(93)42-20-14-16-21-43(42)76)87-71(113)62(37(3)26-58(98)99)89-69(111)51(36-92)84-56(96)34-80-66(108)48(31-60(102)103)85-64(106)38(4)82-65(107)44(77)28-59(100)101/h14-17,19-22,33,37-39,44,46-52,62-63,79,92H,6-13,18,23-32,34-36,75-77H2,1-5H3,(H2,78,94)(H,80,108)(H,81,112)(H,82,107)(H,83,95)(H,84,96)(H,85,106)(H,86,109)(H,87,113)(H,88,118)(H,89,111)(H,90,110)(H,98,99)(H,100,101)(H,102,103)(H,104,105)(H,114,115)/t37-,38+,39?,44?,46+,47-,48-,49-,50-,51?,52-,62-,63?/m0/s1. The molecule has 0 bridgehead atoms. The molecule has 3 aromatic rings. The first-order chi connectivity index (χ1) is 55.7. The van der Waals surface area contributed by atoms with Crippen LogP contribution in [0.1, 0.15) is 153 Å². The molecule has 0 radical (unpaired) electrons. The SMILES string of the molecule is CCCCCCCCCC(=O)N(CC)[C@@H](Cc1c[nH]c2ccccc12)C(=S)N[C@@H](CC(N)=O)C(=O)N[C@@H](CC(=O)O)C(=O)NC(C(=O)NCC(=O)N[C@H](CCCN)C(=O)O)C(C)OC(=O)[C@H](CC(=O)c1ccccc1N)NC(=O)[C@@H](NC(=O)C(CO)NC(=O)CNC(=O)[C@H](CC(=O)O)NC(=O)[C@@H](C)NC(=O)C(N)CC(=O)O)[C@@H](C)CC(=O)O. The Balaban J connectivity index is 2.10. The fourth-order valence-electron chi connectivity index (χ4n) is 11.9. The van der Waals surface area contributed by atoms with Crippen LogP contribution in [0, 0.1) is 5.92 Å². The van der Waals surface area contributed by atoms with Crippen LogP contribution in [-0.4, -0.2) is 263 Å². The number of carbonyl (C=O) groups is 19. The molecule has 2 aromatic carbocycles. The number of Topliss-reactive ketones (excluding diaryl/α,β-unsaturated/α-hetero) is 1. The Bertz CT molecular complexity index is 4090. The zero-order chi connectivity index (χ0) is 88.6. The average molecular weight is 1680 g/mol. The van der Waals surface area contributed by atoms with E-state index < -0.39 is 243 Å². The topological polar surface area (TPSA) is 710 Å². The molecule has 44 heteroatoms. The molecule has 0 fully saturated rings. The number of ether oxygens (including phenoxy) is 1. The van der Waals surface area contributed by atoms with Crippen LogP contribution in [0.5, 0.6) is 0 Å². The average Bonchev–Trinajstić information content (AvgIpc) is 1.59. The van der Waals surface area contributed by atoms with Gasteiger partial charge in [-0.15, -0.1) is 0 Å². The molecule has 0 spiro atoms. The van der Waals surface area contributed by atoms with E-state index in [1.165, 1.54) is 29.2 Å². The number of benzene rings is 2. The van der Waals surface area contributed by atoms with Crippen LogP contribution in [0.2, 0.25) is 0 Å². The predicted octanol–water partition coefficient (Wildman–Crippen LogP) is -4.18. The van der Waals surface area contributed by atoms with Crippen LogP contribution < -0.4 is 81.4 Å². The summed E-state index contributed by atoms with van der Waals surface area (Å²) in [6.07, 6.45) is -0.336. The second-order valence-electron chi connectivity index (χ2n) is 27.7. The zero-order valence-electron chi connectivity index (χ0n) is 65.8. The molecule has 0 aliphatic rings. The summed E-state index contributed by atoms with van der Waals surface area (Å²) >= 11 is 5.97. The summed E-state index contributed by atoms with van der Waals surface area (Å²) in [5.41, 5.74) is 23.8. The number of thiocarbonyl (C=S) groups is 1. The van der Waals surface area contributed by atoms with Gasteiger partial charge < -0.3 is 127 Å². The number of aliphatic carboxylic acids is 5. The third-order valence-corrected chi connectivity index (χ3v) is 18.6. The second-order valence-corrected chi connectivity index (χ2v) is 28.1. The minimum atomic E-state index is -2.36. The molecule has 13 atom stereocenters. The number of aliphatic hydroxyl groups excluding tert-OH is 1. The number of primary amides is 1. The van der Waals surface area contributed by atoms with E-state index in [4.69, 9.17) is 45.0 Å². The van der Waals surface area contributed by atoms with Crippen molar-refractivity contribution in [2.75, 3.05) is 38.5 Å². The number of ketones is 1. The quantitative estimate of drug-likeness (QED) is 0.00838. The second kappa shape index (κ2) is 50.9. The smallest absolute Gasteiger partial charge is 0.329 e. The number of aromatic nitrogens is 1. The summed E-state index contributed by atoms with van der Waals surface area (Å²) < 4.78 is 5.68. The van der Waals surface area contributed by atoms with E-state index in [0.717, 1.165) is 70.2 Å². The van der Waals surface area contributed by atoms with Gasteiger partial charge in [0, 0.05) is 54.2 Å². The van der Waals surface area contributed by atoms with Crippen LogP contribution in [-0.2, 0) is 97.5 Å². The molecule has 0 saturated heterocycles. The molecule has 3 rings (SSSR count). The molecule has 12 amide bonds. The van der Waals surface area contributed by atoms with Gasteiger partial charge in [0.2, 0.25) is 70.9 Å². The molecule has 650 valence electrons. The van der Waals surface area contributed by atoms with Crippen molar-refractivity contribution in [2.45, 2.75) is 216 Å². The number of rotatable bonds is 56. The molecule has 43 nitrogen and oxygen atoms in total. The van der Waals surface area contributed by atoms with Crippen molar-refractivity contribution in [2.24, 2.45) is 23.1 Å². The number of nitrogens with one attached hydrogen (secondary N) is 12. The molecule has 26 N–H and O–H groups in total. The van der Waals surface area contributed by atoms with E-state index in [9.17, 15) is 117 Å². The van der Waals surface area contributed by atoms with Gasteiger partial charge >= 0.3 is 35.8 Å². The Kier molecular flexibility index (Phi) is 43.1. The number of anilines is 1. The van der Waals surface area contributed by atoms with Gasteiger partial charge in [0.05, 0.1) is 68.9 Å². The highest BCUT2D eigenvalue weighted by molar-refractivity contribution is 7.80. The summed E-state index contributed by atoms with van der Waals surface area (Å²) in [7, 11) is 0. The van der Waals surface area contributed by atoms with Crippen molar-refractivity contribution in [3.05, 3.63) is 65.9 Å². The lowest BCUT2D eigenvalue weighted by Crippen LogP contribution is -2.61. The number of hydrogen-bond acceptors (Lipinski definition) is 25. The molecule has 0 aliphatic carbocycles. The number of para-hydroxylation sites is 2. The summed E-state index contributed by atoms with van der Waals surface area (Å²) in [4.78, 5) is 258. The highest BCUT2D eigenvalue weighted by Gasteiger charge is 2.41. The highest BCUT2D eigenvalue weighted by atomic mass is 32.1. The monoisotopic (exact) mass is 1680 g/mol. The van der Waals surface area contributed by atoms with Crippen LogP contribution in [0.4, 0.5) is 5.69 Å². The molecule has 0 saturated carbocycles. The number of nitrogen functional groups attached to an aromatic ring is 1. The van der Waals surface area contributed by atoms with Gasteiger partial charge in [0.1, 0.15) is 60.5 Å². The van der Waals surface area contributed by atoms with Crippen molar-refractivity contribution in [1.29, 1.82) is 0 Å². The van der Waals surface area contributed by atoms with Crippen molar-refractivity contribution in [1.82, 2.24) is 68.4 Å². The molecule has 1 heterocycles. The third-order valence-electron chi connectivity index (χ3n) is 18.2. The molecular weight excluding hydrogens is 1570 g/mol. The Labute approximate surface area is 682 Å². The Hall–Kier alpha value is -12.3. The van der Waals surface area contributed by atoms with E-state index >= 15 is 0 Å². The van der Waals surface area contributed by atoms with Crippen molar-refractivity contribution in [3.8, 4) is 0 Å². The number of nitrogens with two attached hydrogens (primary N) is 4. The normalized spacial score (nSPS) is 14.3. The first-order valence-corrected chi connectivity index (χ1v) is 38.2. The maximum absolute atomic E-state index is 14.8. The van der Waals surface area contributed by atoms with Crippen molar-refractivity contribution >= 4 is 146 Å². The maximum atomic E-state index is 14.8. The van der Waals surface area contributed by atoms with Crippen LogP contribution in [0.25, 0.3) is 10.9 Å². The Morgan fingerprint density at radius 1 is 0.534 bits per heavy atom. The number of aliphatic hydroxyl groups is 1. The van der Waals surface area contributed by atoms with Gasteiger partial charge in [0.25, 0.3) is 0 Å². The van der Waals surface area contributed by atoms with Crippen LogP contribution in [0.3, 0.4) is 0 Å². The summed E-state index contributed by atoms with van der Waals surface area (Å²) in [6.45, 7) is 3.41. The minimum Gasteiger partial charge on any atom is -0.481 e. The van der Waals surface area contributed by atoms with E-state index in [-0.39, 0.29) is 60.9 Å². The number of hydrogen-bond donors (Lipinski definition) is 22. The summed E-state index contributed by atoms with van der Waals surface area (Å²) in [5.74, 6) is -27.2. The molecular formula is C74H107N17O26S. The number of unbranched alkanes of at least 4 members (excludes halogenated alkanes) is 6. The lowest BCUT2D eigenvalue weighted by molar-refractivity contribution is -0.156. The Morgan fingerprint density at radius 3 is 1.64 bits per heavy atom. The maximum Gasteiger partial charge on any atom is 0.329 e. The van der Waals surface area contributed by atoms with Gasteiger partial charge in [-0.3, -0.25) is 81.5 Å². The fraction of sp³-hybridized carbons (Fsp3) is 0.541. The van der Waals surface area contributed by atoms with E-state index in [0.29, 0.717) is 12.0 Å². The van der Waals surface area contributed by atoms with Crippen molar-refractivity contribution < 1.29 is 126 Å². The zero-order valence-corrected chi connectivity index (χ0v) is 66.6. The molecule has 118 heavy (non-hydrogen) atoms. The van der Waals surface area contributed by atoms with E-state index in [1.54, 1.807) is 25.3 Å². The first-order valence-electron chi connectivity index (χ1n) is 37.8. The summed E-state index contributed by atoms with van der Waals surface area (Å²) in [6, 6.07) is -8.32. The number of likely N-dealkylation sites (N-methyl/N-ethyl adjacent to an activating group) is 1. The van der Waals surface area contributed by atoms with Gasteiger partial charge in [-0.2, -0.15) is 0 Å². The Morgan fingerprint density at radius 2 is 1.06 bits per heavy atom. The number of nitrogens with zero attached hydrogens (tertiary/aromatic N) is 1. The van der Waals surface area contributed by atoms with Crippen molar-refractivity contribution in [3.63, 3.8) is 0 Å². The van der Waals surface area contributed by atoms with Gasteiger partial charge in [-0.05, 0) is 76.3 Å². The lowest BCUT2D eigenvalue weighted by Gasteiger charge is -2.33. The van der Waals surface area contributed by atoms with Gasteiger partial charge in [-0.1, -0.05) is 94.9 Å². The third kappa shape index (κ3) is 34.6. The molecule has 4 unspecified atom stereocenters. The number of amides is 12. The van der Waals surface area contributed by atoms with E-state index in [1.807, 2.05) is 28.1 Å². The molecule has 1 aromatic heterocycles. The number of carboxylic acid groups (broad SMARTS) is 5. The largest absolute Gasteiger partial charge is 0.481 e. The minimum absolute atomic E-state index is 0.000306.